The van der Waals surface area contributed by atoms with Gasteiger partial charge in [0.15, 0.2) is 0 Å². The molecule has 0 aromatic heterocycles. The zero-order chi connectivity index (χ0) is 13.2. The predicted molar refractivity (Wildman–Crippen MR) is 46.4 cm³/mol. The van der Waals surface area contributed by atoms with Crippen LogP contribution in [0.5, 0.6) is 5.75 Å². The van der Waals surface area contributed by atoms with E-state index in [2.05, 4.69) is 4.74 Å². The van der Waals surface area contributed by atoms with Crippen molar-refractivity contribution in [3.05, 3.63) is 38.4 Å². The van der Waals surface area contributed by atoms with Crippen LogP contribution >= 0.6 is 0 Å². The highest BCUT2D eigenvalue weighted by Gasteiger charge is 2.35. The molecule has 0 radical (unpaired) electrons. The fourth-order valence-electron chi connectivity index (χ4n) is 0.973. The Balaban J connectivity index is 3.23. The molecule has 0 aliphatic rings. The van der Waals surface area contributed by atoms with Gasteiger partial charge in [0.2, 0.25) is 5.75 Å². The molecule has 0 atom stereocenters. The van der Waals surface area contributed by atoms with Crippen molar-refractivity contribution in [3.8, 4) is 5.75 Å². The SMILES string of the molecule is O=[N+]([O-])c1ccc(OC(F)(F)F)c([N+](=O)[O-])c1. The molecule has 0 unspecified atom stereocenters. The number of benzene rings is 1. The lowest BCUT2D eigenvalue weighted by atomic mass is 10.2. The fourth-order valence-corrected chi connectivity index (χ4v) is 0.973. The molecule has 0 saturated heterocycles. The highest BCUT2D eigenvalue weighted by molar-refractivity contribution is 5.53. The first-order chi connectivity index (χ1) is 7.70. The largest absolute Gasteiger partial charge is 0.573 e. The zero-order valence-electron chi connectivity index (χ0n) is 7.80. The second-order valence-electron chi connectivity index (χ2n) is 2.71. The number of ether oxygens (including phenoxy) is 1. The van der Waals surface area contributed by atoms with Crippen LogP contribution in [0, 0.1) is 20.2 Å². The van der Waals surface area contributed by atoms with Crippen LogP contribution in [0.25, 0.3) is 0 Å². The standard InChI is InChI=1S/C7H3F3N2O5/c8-7(9,10)17-6-2-1-4(11(13)14)3-5(6)12(15)16/h1-3H. The highest BCUT2D eigenvalue weighted by atomic mass is 19.4. The Morgan fingerprint density at radius 3 is 2.12 bits per heavy atom. The molecule has 0 heterocycles. The van der Waals surface area contributed by atoms with Gasteiger partial charge in [-0.3, -0.25) is 20.2 Å². The van der Waals surface area contributed by atoms with E-state index < -0.39 is 33.3 Å². The smallest absolute Gasteiger partial charge is 0.398 e. The van der Waals surface area contributed by atoms with Crippen molar-refractivity contribution in [3.63, 3.8) is 0 Å². The molecule has 0 N–H and O–H groups in total. The molecule has 0 bridgehead atoms. The number of nitrogens with zero attached hydrogens (tertiary/aromatic N) is 2. The van der Waals surface area contributed by atoms with Gasteiger partial charge >= 0.3 is 12.0 Å². The Morgan fingerprint density at radius 2 is 1.71 bits per heavy atom. The van der Waals surface area contributed by atoms with E-state index in [1.165, 1.54) is 0 Å². The van der Waals surface area contributed by atoms with Gasteiger partial charge in [0.25, 0.3) is 5.69 Å². The number of hydrogen-bond donors (Lipinski definition) is 0. The molecule has 0 aliphatic heterocycles. The maximum atomic E-state index is 11.9. The minimum atomic E-state index is -5.11. The first-order valence-electron chi connectivity index (χ1n) is 3.89. The van der Waals surface area contributed by atoms with Gasteiger partial charge in [-0.05, 0) is 6.07 Å². The summed E-state index contributed by atoms with van der Waals surface area (Å²) in [5.41, 5.74) is -1.83. The van der Waals surface area contributed by atoms with Crippen LogP contribution in [-0.4, -0.2) is 16.2 Å². The summed E-state index contributed by atoms with van der Waals surface area (Å²) in [6, 6.07) is 1.58. The van der Waals surface area contributed by atoms with Gasteiger partial charge < -0.3 is 4.74 Å². The van der Waals surface area contributed by atoms with Crippen molar-refractivity contribution in [2.24, 2.45) is 0 Å². The molecule has 0 fully saturated rings. The van der Waals surface area contributed by atoms with Gasteiger partial charge in [-0.1, -0.05) is 0 Å². The van der Waals surface area contributed by atoms with Crippen LogP contribution in [0.2, 0.25) is 0 Å². The van der Waals surface area contributed by atoms with Gasteiger partial charge in [0.1, 0.15) is 0 Å². The van der Waals surface area contributed by atoms with Gasteiger partial charge in [0.05, 0.1) is 15.9 Å². The molecule has 0 spiro atoms. The maximum absolute atomic E-state index is 11.9. The number of nitro benzene ring substituents is 2. The Bertz CT molecular complexity index is 473. The lowest BCUT2D eigenvalue weighted by Gasteiger charge is -2.08. The summed E-state index contributed by atoms with van der Waals surface area (Å²) < 4.78 is 39.0. The minimum Gasteiger partial charge on any atom is -0.398 e. The predicted octanol–water partition coefficient (Wildman–Crippen LogP) is 2.40. The van der Waals surface area contributed by atoms with E-state index in [1.54, 1.807) is 0 Å². The summed E-state index contributed by atoms with van der Waals surface area (Å²) in [5, 5.41) is 20.7. The second kappa shape index (κ2) is 4.23. The van der Waals surface area contributed by atoms with E-state index in [1.807, 2.05) is 0 Å². The first-order valence-corrected chi connectivity index (χ1v) is 3.89. The van der Waals surface area contributed by atoms with Crippen molar-refractivity contribution in [1.29, 1.82) is 0 Å². The Kier molecular flexibility index (Phi) is 3.16. The Labute approximate surface area is 90.7 Å². The third-order valence-corrected chi connectivity index (χ3v) is 1.58. The summed E-state index contributed by atoms with van der Waals surface area (Å²) in [4.78, 5) is 18.5. The molecular weight excluding hydrogens is 249 g/mol. The Morgan fingerprint density at radius 1 is 1.12 bits per heavy atom. The maximum Gasteiger partial charge on any atom is 0.573 e. The summed E-state index contributed by atoms with van der Waals surface area (Å²) in [5.74, 6) is -1.10. The van der Waals surface area contributed by atoms with Gasteiger partial charge in [-0.2, -0.15) is 0 Å². The Hall–Kier alpha value is -2.39. The number of hydrogen-bond acceptors (Lipinski definition) is 5. The zero-order valence-corrected chi connectivity index (χ0v) is 7.80. The minimum absolute atomic E-state index is 0.390. The van der Waals surface area contributed by atoms with Crippen LogP contribution in [-0.2, 0) is 0 Å². The van der Waals surface area contributed by atoms with Crippen LogP contribution in [0.15, 0.2) is 18.2 Å². The van der Waals surface area contributed by atoms with Gasteiger partial charge in [0, 0.05) is 6.07 Å². The van der Waals surface area contributed by atoms with E-state index in [-0.39, 0.29) is 0 Å². The lowest BCUT2D eigenvalue weighted by Crippen LogP contribution is -2.18. The van der Waals surface area contributed by atoms with Crippen molar-refractivity contribution >= 4 is 11.4 Å². The molecule has 0 saturated carbocycles. The van der Waals surface area contributed by atoms with Gasteiger partial charge in [-0.25, -0.2) is 0 Å². The van der Waals surface area contributed by atoms with Crippen molar-refractivity contribution in [2.75, 3.05) is 0 Å². The molecule has 92 valence electrons. The summed E-state index contributed by atoms with van der Waals surface area (Å²) in [6.45, 7) is 0. The van der Waals surface area contributed by atoms with Crippen LogP contribution in [0.4, 0.5) is 24.5 Å². The quantitative estimate of drug-likeness (QED) is 0.607. The third-order valence-electron chi connectivity index (χ3n) is 1.58. The number of halogens is 3. The molecule has 0 aliphatic carbocycles. The fraction of sp³-hybridized carbons (Fsp3) is 0.143. The normalized spacial score (nSPS) is 11.0. The second-order valence-corrected chi connectivity index (χ2v) is 2.71. The number of alkyl halides is 3. The van der Waals surface area contributed by atoms with Crippen LogP contribution < -0.4 is 4.74 Å². The van der Waals surface area contributed by atoms with E-state index in [0.717, 1.165) is 0 Å². The van der Waals surface area contributed by atoms with Gasteiger partial charge in [-0.15, -0.1) is 13.2 Å². The first kappa shape index (κ1) is 12.7. The van der Waals surface area contributed by atoms with Crippen molar-refractivity contribution < 1.29 is 27.8 Å². The van der Waals surface area contributed by atoms with E-state index >= 15 is 0 Å². The molecule has 1 aromatic rings. The molecule has 0 amide bonds. The molecule has 1 rings (SSSR count). The summed E-state index contributed by atoms with van der Waals surface area (Å²) >= 11 is 0. The summed E-state index contributed by atoms with van der Waals surface area (Å²) in [6.07, 6.45) is -5.11. The lowest BCUT2D eigenvalue weighted by molar-refractivity contribution is -0.396. The topological polar surface area (TPSA) is 95.5 Å². The highest BCUT2D eigenvalue weighted by Crippen LogP contribution is 2.34. The van der Waals surface area contributed by atoms with Crippen molar-refractivity contribution in [1.82, 2.24) is 0 Å². The van der Waals surface area contributed by atoms with E-state index in [4.69, 9.17) is 0 Å². The van der Waals surface area contributed by atoms with E-state index in [0.29, 0.717) is 18.2 Å². The molecule has 10 heteroatoms. The average molecular weight is 252 g/mol. The average Bonchev–Trinajstić information content (AvgIpc) is 2.14. The van der Waals surface area contributed by atoms with Crippen LogP contribution in [0.1, 0.15) is 0 Å². The molecule has 17 heavy (non-hydrogen) atoms. The third kappa shape index (κ3) is 3.29. The van der Waals surface area contributed by atoms with E-state index in [9.17, 15) is 33.4 Å². The molecule has 1 aromatic carbocycles. The molecular formula is C7H3F3N2O5. The van der Waals surface area contributed by atoms with Crippen LogP contribution in [0.3, 0.4) is 0 Å². The number of nitro groups is 2. The number of non-ortho nitro benzene ring substituents is 1. The van der Waals surface area contributed by atoms with Crippen molar-refractivity contribution in [2.45, 2.75) is 6.36 Å². The number of rotatable bonds is 3. The summed E-state index contributed by atoms with van der Waals surface area (Å²) in [7, 11) is 0. The molecule has 7 nitrogen and oxygen atoms in total. The monoisotopic (exact) mass is 252 g/mol.